The van der Waals surface area contributed by atoms with Crippen LogP contribution in [0.2, 0.25) is 5.02 Å². The van der Waals surface area contributed by atoms with Crippen molar-refractivity contribution >= 4 is 39.1 Å². The van der Waals surface area contributed by atoms with Gasteiger partial charge in [0.15, 0.2) is 0 Å². The third-order valence-corrected chi connectivity index (χ3v) is 3.81. The third-order valence-electron chi connectivity index (χ3n) is 2.72. The molecule has 1 amide bonds. The van der Waals surface area contributed by atoms with Gasteiger partial charge in [-0.15, -0.1) is 0 Å². The second-order valence-electron chi connectivity index (χ2n) is 4.03. The molecule has 3 nitrogen and oxygen atoms in total. The van der Waals surface area contributed by atoms with Crippen molar-refractivity contribution in [1.29, 1.82) is 0 Å². The lowest BCUT2D eigenvalue weighted by Gasteiger charge is -2.10. The molecule has 0 heterocycles. The molecule has 0 aromatic heterocycles. The van der Waals surface area contributed by atoms with Crippen LogP contribution in [0.1, 0.15) is 15.9 Å². The van der Waals surface area contributed by atoms with Crippen LogP contribution in [0.4, 0.5) is 5.69 Å². The zero-order chi connectivity index (χ0) is 14.0. The van der Waals surface area contributed by atoms with Gasteiger partial charge in [0.05, 0.1) is 5.56 Å². The van der Waals surface area contributed by atoms with Crippen LogP contribution in [0.25, 0.3) is 0 Å². The van der Waals surface area contributed by atoms with Crippen molar-refractivity contribution in [2.45, 2.75) is 6.92 Å². The lowest BCUT2D eigenvalue weighted by Crippen LogP contribution is -2.13. The summed E-state index contributed by atoms with van der Waals surface area (Å²) < 4.78 is 0.908. The molecule has 0 aliphatic heterocycles. The number of rotatable bonds is 2. The molecule has 2 rings (SSSR count). The molecule has 2 aromatic carbocycles. The molecule has 5 heteroatoms. The molecule has 2 N–H and O–H groups in total. The number of hydrogen-bond acceptors (Lipinski definition) is 2. The van der Waals surface area contributed by atoms with Gasteiger partial charge in [-0.2, -0.15) is 0 Å². The van der Waals surface area contributed by atoms with E-state index in [2.05, 4.69) is 21.2 Å². The summed E-state index contributed by atoms with van der Waals surface area (Å²) in [6.45, 7) is 1.89. The number of phenolic OH excluding ortho intramolecular Hbond substituents is 1. The minimum absolute atomic E-state index is 0.141. The summed E-state index contributed by atoms with van der Waals surface area (Å²) in [5.41, 5.74) is 1.79. The van der Waals surface area contributed by atoms with Crippen LogP contribution in [0.5, 0.6) is 5.75 Å². The van der Waals surface area contributed by atoms with Gasteiger partial charge in [0.2, 0.25) is 0 Å². The number of carbonyl (C=O) groups is 1. The predicted octanol–water partition coefficient (Wildman–Crippen LogP) is 4.37. The van der Waals surface area contributed by atoms with Gasteiger partial charge in [0, 0.05) is 15.2 Å². The normalized spacial score (nSPS) is 10.3. The summed E-state index contributed by atoms with van der Waals surface area (Å²) in [7, 11) is 0. The Morgan fingerprint density at radius 3 is 2.74 bits per heavy atom. The van der Waals surface area contributed by atoms with E-state index in [-0.39, 0.29) is 17.2 Å². The maximum absolute atomic E-state index is 12.1. The van der Waals surface area contributed by atoms with E-state index < -0.39 is 0 Å². The Bertz CT molecular complexity index is 643. The van der Waals surface area contributed by atoms with Crippen LogP contribution in [-0.4, -0.2) is 11.0 Å². The molecule has 0 unspecified atom stereocenters. The Morgan fingerprint density at radius 2 is 2.05 bits per heavy atom. The summed E-state index contributed by atoms with van der Waals surface area (Å²) in [6.07, 6.45) is 0. The molecule has 0 saturated heterocycles. The average Bonchev–Trinajstić information content (AvgIpc) is 2.34. The standard InChI is InChI=1S/C14H11BrClNO2/c1-8-11(15)3-2-4-12(8)17-14(19)10-6-5-9(16)7-13(10)18/h2-7,18H,1H3,(H,17,19). The molecule has 98 valence electrons. The first-order chi connectivity index (χ1) is 8.99. The molecule has 0 aliphatic carbocycles. The summed E-state index contributed by atoms with van der Waals surface area (Å²) >= 11 is 9.13. The summed E-state index contributed by atoms with van der Waals surface area (Å²) in [4.78, 5) is 12.1. The minimum Gasteiger partial charge on any atom is -0.507 e. The van der Waals surface area contributed by atoms with Gasteiger partial charge >= 0.3 is 0 Å². The van der Waals surface area contributed by atoms with Crippen LogP contribution in [0.15, 0.2) is 40.9 Å². The number of nitrogens with one attached hydrogen (secondary N) is 1. The van der Waals surface area contributed by atoms with Crippen LogP contribution >= 0.6 is 27.5 Å². The van der Waals surface area contributed by atoms with Crippen molar-refractivity contribution in [1.82, 2.24) is 0 Å². The fourth-order valence-electron chi connectivity index (χ4n) is 1.63. The smallest absolute Gasteiger partial charge is 0.259 e. The fraction of sp³-hybridized carbons (Fsp3) is 0.0714. The number of benzene rings is 2. The molecule has 19 heavy (non-hydrogen) atoms. The summed E-state index contributed by atoms with van der Waals surface area (Å²) in [5, 5.41) is 12.8. The highest BCUT2D eigenvalue weighted by Crippen LogP contribution is 2.26. The van der Waals surface area contributed by atoms with Crippen molar-refractivity contribution in [3.05, 3.63) is 57.0 Å². The molecule has 0 fully saturated rings. The van der Waals surface area contributed by atoms with E-state index in [4.69, 9.17) is 11.6 Å². The first-order valence-electron chi connectivity index (χ1n) is 5.54. The van der Waals surface area contributed by atoms with Crippen molar-refractivity contribution in [2.75, 3.05) is 5.32 Å². The molecule has 2 aromatic rings. The number of hydrogen-bond donors (Lipinski definition) is 2. The third kappa shape index (κ3) is 3.08. The molecule has 0 bridgehead atoms. The van der Waals surface area contributed by atoms with Gasteiger partial charge in [-0.25, -0.2) is 0 Å². The first-order valence-corrected chi connectivity index (χ1v) is 6.71. The Kier molecular flexibility index (Phi) is 4.12. The van der Waals surface area contributed by atoms with Gasteiger partial charge in [-0.1, -0.05) is 33.6 Å². The second kappa shape index (κ2) is 5.63. The van der Waals surface area contributed by atoms with E-state index in [9.17, 15) is 9.90 Å². The first kappa shape index (κ1) is 13.9. The van der Waals surface area contributed by atoms with E-state index in [1.165, 1.54) is 12.1 Å². The monoisotopic (exact) mass is 339 g/mol. The largest absolute Gasteiger partial charge is 0.507 e. The van der Waals surface area contributed by atoms with Gasteiger partial charge in [-0.3, -0.25) is 4.79 Å². The molecular weight excluding hydrogens is 330 g/mol. The molecule has 0 aliphatic rings. The summed E-state index contributed by atoms with van der Waals surface area (Å²) in [6, 6.07) is 9.90. The maximum Gasteiger partial charge on any atom is 0.259 e. The molecular formula is C14H11BrClNO2. The van der Waals surface area contributed by atoms with E-state index >= 15 is 0 Å². The van der Waals surface area contributed by atoms with Gasteiger partial charge in [0.1, 0.15) is 5.75 Å². The molecule has 0 spiro atoms. The number of amides is 1. The number of carbonyl (C=O) groups excluding carboxylic acids is 1. The van der Waals surface area contributed by atoms with Gasteiger partial charge in [0.25, 0.3) is 5.91 Å². The average molecular weight is 341 g/mol. The van der Waals surface area contributed by atoms with E-state index in [1.54, 1.807) is 12.1 Å². The molecule has 0 saturated carbocycles. The van der Waals surface area contributed by atoms with Crippen molar-refractivity contribution in [3.63, 3.8) is 0 Å². The van der Waals surface area contributed by atoms with E-state index in [1.807, 2.05) is 19.1 Å². The highest BCUT2D eigenvalue weighted by atomic mass is 79.9. The van der Waals surface area contributed by atoms with E-state index in [0.717, 1.165) is 10.0 Å². The lowest BCUT2D eigenvalue weighted by atomic mass is 10.1. The SMILES string of the molecule is Cc1c(Br)cccc1NC(=O)c1ccc(Cl)cc1O. The van der Waals surface area contributed by atoms with Crippen LogP contribution in [0, 0.1) is 6.92 Å². The lowest BCUT2D eigenvalue weighted by molar-refractivity contribution is 0.102. The van der Waals surface area contributed by atoms with Gasteiger partial charge in [-0.05, 0) is 42.8 Å². The quantitative estimate of drug-likeness (QED) is 0.853. The van der Waals surface area contributed by atoms with Crippen LogP contribution < -0.4 is 5.32 Å². The Morgan fingerprint density at radius 1 is 1.32 bits per heavy atom. The second-order valence-corrected chi connectivity index (χ2v) is 5.32. The zero-order valence-electron chi connectivity index (χ0n) is 10.1. The van der Waals surface area contributed by atoms with Crippen LogP contribution in [-0.2, 0) is 0 Å². The van der Waals surface area contributed by atoms with E-state index in [0.29, 0.717) is 10.7 Å². The van der Waals surface area contributed by atoms with Crippen molar-refractivity contribution < 1.29 is 9.90 Å². The highest BCUT2D eigenvalue weighted by molar-refractivity contribution is 9.10. The Hall–Kier alpha value is -1.52. The van der Waals surface area contributed by atoms with Crippen molar-refractivity contribution in [3.8, 4) is 5.75 Å². The topological polar surface area (TPSA) is 49.3 Å². The number of phenols is 1. The zero-order valence-corrected chi connectivity index (χ0v) is 12.4. The van der Waals surface area contributed by atoms with Crippen molar-refractivity contribution in [2.24, 2.45) is 0 Å². The number of anilines is 1. The minimum atomic E-state index is -0.379. The highest BCUT2D eigenvalue weighted by Gasteiger charge is 2.13. The van der Waals surface area contributed by atoms with Gasteiger partial charge < -0.3 is 10.4 Å². The maximum atomic E-state index is 12.1. The number of aromatic hydroxyl groups is 1. The molecule has 0 radical (unpaired) electrons. The Balaban J connectivity index is 2.28. The van der Waals surface area contributed by atoms with Crippen LogP contribution in [0.3, 0.4) is 0 Å². The Labute approximate surface area is 124 Å². The number of halogens is 2. The summed E-state index contributed by atoms with van der Waals surface area (Å²) in [5.74, 6) is -0.520. The predicted molar refractivity (Wildman–Crippen MR) is 79.9 cm³/mol. The fourth-order valence-corrected chi connectivity index (χ4v) is 2.16. The molecule has 0 atom stereocenters.